The first-order valence-corrected chi connectivity index (χ1v) is 11.3. The van der Waals surface area contributed by atoms with Crippen LogP contribution >= 0.6 is 34.7 Å². The van der Waals surface area contributed by atoms with Gasteiger partial charge in [0, 0.05) is 5.56 Å². The van der Waals surface area contributed by atoms with Gasteiger partial charge in [-0.15, -0.1) is 11.3 Å². The highest BCUT2D eigenvalue weighted by molar-refractivity contribution is 7.98. The van der Waals surface area contributed by atoms with E-state index in [9.17, 15) is 9.18 Å². The van der Waals surface area contributed by atoms with E-state index in [1.165, 1.54) is 39.8 Å². The molecule has 5 rings (SSSR count). The summed E-state index contributed by atoms with van der Waals surface area (Å²) in [6.45, 7) is 0. The molecule has 0 aliphatic heterocycles. The second-order valence-corrected chi connectivity index (χ2v) is 8.69. The number of nitrogens with zero attached hydrogens (tertiary/aromatic N) is 4. The zero-order valence-electron chi connectivity index (χ0n) is 15.7. The SMILES string of the molecule is O=c1c2sccc2nc(SCc2nc(-c3ccccc3Cl)no2)n1-c1ccc(F)cc1. The van der Waals surface area contributed by atoms with Crippen molar-refractivity contribution in [1.82, 2.24) is 19.7 Å². The van der Waals surface area contributed by atoms with Crippen LogP contribution < -0.4 is 5.56 Å². The number of thiophene rings is 1. The largest absolute Gasteiger partial charge is 0.338 e. The molecule has 0 aliphatic rings. The van der Waals surface area contributed by atoms with E-state index in [2.05, 4.69) is 15.1 Å². The fourth-order valence-corrected chi connectivity index (χ4v) is 4.83. The normalized spacial score (nSPS) is 11.3. The van der Waals surface area contributed by atoms with Gasteiger partial charge in [-0.2, -0.15) is 4.98 Å². The molecular formula is C21H12ClFN4O2S2. The first kappa shape index (κ1) is 19.9. The van der Waals surface area contributed by atoms with Gasteiger partial charge in [0.15, 0.2) is 5.16 Å². The summed E-state index contributed by atoms with van der Waals surface area (Å²) in [7, 11) is 0. The zero-order chi connectivity index (χ0) is 21.4. The van der Waals surface area contributed by atoms with E-state index in [0.29, 0.717) is 49.1 Å². The van der Waals surface area contributed by atoms with E-state index < -0.39 is 0 Å². The predicted octanol–water partition coefficient (Wildman–Crippen LogP) is 5.58. The maximum Gasteiger partial charge on any atom is 0.276 e. The molecule has 0 fully saturated rings. The predicted molar refractivity (Wildman–Crippen MR) is 119 cm³/mol. The summed E-state index contributed by atoms with van der Waals surface area (Å²) in [6, 6.07) is 14.7. The number of fused-ring (bicyclic) bond motifs is 1. The van der Waals surface area contributed by atoms with Gasteiger partial charge in [0.05, 0.1) is 22.0 Å². The van der Waals surface area contributed by atoms with E-state index in [0.717, 1.165) is 0 Å². The lowest BCUT2D eigenvalue weighted by atomic mass is 10.2. The molecule has 0 saturated heterocycles. The summed E-state index contributed by atoms with van der Waals surface area (Å²) >= 11 is 8.80. The van der Waals surface area contributed by atoms with Gasteiger partial charge >= 0.3 is 0 Å². The van der Waals surface area contributed by atoms with Crippen LogP contribution in [0.25, 0.3) is 27.3 Å². The molecule has 3 heterocycles. The van der Waals surface area contributed by atoms with Crippen molar-refractivity contribution < 1.29 is 8.91 Å². The van der Waals surface area contributed by atoms with Crippen LogP contribution in [-0.2, 0) is 5.75 Å². The molecule has 0 radical (unpaired) electrons. The summed E-state index contributed by atoms with van der Waals surface area (Å²) in [5, 5.41) is 6.78. The Morgan fingerprint density at radius 3 is 2.71 bits per heavy atom. The second kappa shape index (κ2) is 8.26. The van der Waals surface area contributed by atoms with Gasteiger partial charge in [-0.05, 0) is 47.8 Å². The topological polar surface area (TPSA) is 73.8 Å². The van der Waals surface area contributed by atoms with E-state index in [1.807, 2.05) is 23.6 Å². The highest BCUT2D eigenvalue weighted by Gasteiger charge is 2.17. The van der Waals surface area contributed by atoms with Crippen LogP contribution in [0.4, 0.5) is 4.39 Å². The highest BCUT2D eigenvalue weighted by Crippen LogP contribution is 2.28. The van der Waals surface area contributed by atoms with E-state index in [4.69, 9.17) is 16.1 Å². The van der Waals surface area contributed by atoms with Crippen molar-refractivity contribution in [2.75, 3.05) is 0 Å². The van der Waals surface area contributed by atoms with E-state index in [1.54, 1.807) is 24.3 Å². The Balaban J connectivity index is 1.50. The Bertz CT molecular complexity index is 1450. The molecule has 10 heteroatoms. The first-order chi connectivity index (χ1) is 15.1. The van der Waals surface area contributed by atoms with Gasteiger partial charge in [0.25, 0.3) is 5.56 Å². The van der Waals surface area contributed by atoms with Gasteiger partial charge in [-0.3, -0.25) is 9.36 Å². The van der Waals surface area contributed by atoms with Crippen LogP contribution in [0.3, 0.4) is 0 Å². The van der Waals surface area contributed by atoms with Crippen LogP contribution in [0.5, 0.6) is 0 Å². The van der Waals surface area contributed by atoms with Crippen LogP contribution in [0.15, 0.2) is 74.5 Å². The number of rotatable bonds is 5. The monoisotopic (exact) mass is 470 g/mol. The number of halogens is 2. The minimum atomic E-state index is -0.380. The van der Waals surface area contributed by atoms with Crippen molar-refractivity contribution in [2.45, 2.75) is 10.9 Å². The molecule has 154 valence electrons. The third-order valence-corrected chi connectivity index (χ3v) is 6.59. The minimum absolute atomic E-state index is 0.212. The molecule has 0 bridgehead atoms. The fraction of sp³-hybridized carbons (Fsp3) is 0.0476. The van der Waals surface area contributed by atoms with Crippen molar-refractivity contribution in [3.05, 3.63) is 87.1 Å². The molecule has 0 saturated carbocycles. The fourth-order valence-electron chi connectivity index (χ4n) is 3.00. The van der Waals surface area contributed by atoms with Crippen LogP contribution in [-0.4, -0.2) is 19.7 Å². The van der Waals surface area contributed by atoms with E-state index >= 15 is 0 Å². The highest BCUT2D eigenvalue weighted by atomic mass is 35.5. The average Bonchev–Trinajstić information content (AvgIpc) is 3.43. The van der Waals surface area contributed by atoms with Crippen molar-refractivity contribution >= 4 is 44.9 Å². The van der Waals surface area contributed by atoms with Gasteiger partial charge < -0.3 is 4.52 Å². The number of thioether (sulfide) groups is 1. The minimum Gasteiger partial charge on any atom is -0.338 e. The lowest BCUT2D eigenvalue weighted by Gasteiger charge is -2.11. The lowest BCUT2D eigenvalue weighted by Crippen LogP contribution is -2.20. The molecule has 2 aromatic carbocycles. The van der Waals surface area contributed by atoms with Crippen molar-refractivity contribution in [1.29, 1.82) is 0 Å². The number of hydrogen-bond acceptors (Lipinski definition) is 7. The molecule has 0 spiro atoms. The second-order valence-electron chi connectivity index (χ2n) is 6.43. The average molecular weight is 471 g/mol. The molecule has 3 aromatic heterocycles. The summed E-state index contributed by atoms with van der Waals surface area (Å²) in [5.74, 6) is 0.665. The van der Waals surface area contributed by atoms with Crippen LogP contribution in [0, 0.1) is 5.82 Å². The standard InChI is InChI=1S/C21H12ClFN4O2S2/c22-15-4-2-1-3-14(15)19-25-17(29-26-19)11-31-21-24-16-9-10-30-18(16)20(28)27(21)13-7-5-12(23)6-8-13/h1-10H,11H2. The third-order valence-electron chi connectivity index (χ3n) is 4.44. The molecule has 0 unspecified atom stereocenters. The van der Waals surface area contributed by atoms with Gasteiger partial charge in [0.1, 0.15) is 10.5 Å². The smallest absolute Gasteiger partial charge is 0.276 e. The molecule has 0 N–H and O–H groups in total. The van der Waals surface area contributed by atoms with E-state index in [-0.39, 0.29) is 11.4 Å². The van der Waals surface area contributed by atoms with Crippen molar-refractivity contribution in [3.63, 3.8) is 0 Å². The lowest BCUT2D eigenvalue weighted by molar-refractivity contribution is 0.391. The van der Waals surface area contributed by atoms with Gasteiger partial charge in [-0.1, -0.05) is 40.7 Å². The Morgan fingerprint density at radius 1 is 1.10 bits per heavy atom. The van der Waals surface area contributed by atoms with Crippen molar-refractivity contribution in [2.24, 2.45) is 0 Å². The molecule has 31 heavy (non-hydrogen) atoms. The first-order valence-electron chi connectivity index (χ1n) is 9.06. The van der Waals surface area contributed by atoms with Crippen LogP contribution in [0.2, 0.25) is 5.02 Å². The molecular weight excluding hydrogens is 459 g/mol. The maximum atomic E-state index is 13.4. The Morgan fingerprint density at radius 2 is 1.90 bits per heavy atom. The zero-order valence-corrected chi connectivity index (χ0v) is 18.0. The quantitative estimate of drug-likeness (QED) is 0.246. The van der Waals surface area contributed by atoms with Gasteiger partial charge in [-0.25, -0.2) is 9.37 Å². The molecule has 0 atom stereocenters. The van der Waals surface area contributed by atoms with Crippen molar-refractivity contribution in [3.8, 4) is 17.1 Å². The summed E-state index contributed by atoms with van der Waals surface area (Å²) in [6.07, 6.45) is 0. The number of benzene rings is 2. The summed E-state index contributed by atoms with van der Waals surface area (Å²) in [4.78, 5) is 22.1. The maximum absolute atomic E-state index is 13.4. The number of hydrogen-bond donors (Lipinski definition) is 0. The summed E-state index contributed by atoms with van der Waals surface area (Å²) < 4.78 is 20.8. The molecule has 0 aliphatic carbocycles. The Hall–Kier alpha value is -3.01. The molecule has 6 nitrogen and oxygen atoms in total. The van der Waals surface area contributed by atoms with Gasteiger partial charge in [0.2, 0.25) is 11.7 Å². The molecule has 0 amide bonds. The van der Waals surface area contributed by atoms with Crippen LogP contribution in [0.1, 0.15) is 5.89 Å². The Kier molecular flexibility index (Phi) is 5.31. The third kappa shape index (κ3) is 3.87. The summed E-state index contributed by atoms with van der Waals surface area (Å²) in [5.41, 5.74) is 1.60. The Labute approximate surface area is 188 Å². The molecule has 5 aromatic rings. The number of aromatic nitrogens is 4.